The lowest BCUT2D eigenvalue weighted by atomic mass is 9.97. The fourth-order valence-corrected chi connectivity index (χ4v) is 2.13. The first-order valence-corrected chi connectivity index (χ1v) is 6.73. The number of hydrogen-bond acceptors (Lipinski definition) is 4. The van der Waals surface area contributed by atoms with Crippen molar-refractivity contribution >= 4 is 5.97 Å². The van der Waals surface area contributed by atoms with Gasteiger partial charge in [0.15, 0.2) is 11.5 Å². The minimum absolute atomic E-state index is 0.131. The summed E-state index contributed by atoms with van der Waals surface area (Å²) in [7, 11) is 1.53. The van der Waals surface area contributed by atoms with Gasteiger partial charge in [-0.1, -0.05) is 37.3 Å². The highest BCUT2D eigenvalue weighted by Crippen LogP contribution is 2.30. The van der Waals surface area contributed by atoms with Gasteiger partial charge in [-0.3, -0.25) is 4.79 Å². The molecule has 0 amide bonds. The Morgan fingerprint density at radius 3 is 2.38 bits per heavy atom. The third-order valence-corrected chi connectivity index (χ3v) is 3.23. The number of ether oxygens (including phenoxy) is 2. The molecule has 0 radical (unpaired) electrons. The first-order valence-electron chi connectivity index (χ1n) is 6.73. The fourth-order valence-electron chi connectivity index (χ4n) is 2.13. The zero-order valence-corrected chi connectivity index (χ0v) is 12.1. The van der Waals surface area contributed by atoms with Gasteiger partial charge in [0, 0.05) is 0 Å². The molecule has 0 saturated heterocycles. The van der Waals surface area contributed by atoms with Crippen molar-refractivity contribution in [2.45, 2.75) is 19.3 Å². The normalized spacial score (nSPS) is 11.7. The van der Waals surface area contributed by atoms with Crippen molar-refractivity contribution < 1.29 is 19.4 Å². The van der Waals surface area contributed by atoms with Crippen molar-refractivity contribution in [1.29, 1.82) is 0 Å². The van der Waals surface area contributed by atoms with Crippen molar-refractivity contribution in [3.63, 3.8) is 0 Å². The van der Waals surface area contributed by atoms with E-state index >= 15 is 0 Å². The number of rotatable bonds is 5. The molecule has 0 aliphatic rings. The molecule has 4 heteroatoms. The number of methoxy groups -OCH3 is 1. The van der Waals surface area contributed by atoms with Crippen molar-refractivity contribution in [2.75, 3.05) is 7.11 Å². The average Bonchev–Trinajstić information content (AvgIpc) is 2.48. The van der Waals surface area contributed by atoms with E-state index in [1.54, 1.807) is 42.5 Å². The van der Waals surface area contributed by atoms with Gasteiger partial charge < -0.3 is 14.6 Å². The molecule has 1 unspecified atom stereocenters. The Bertz CT molecular complexity index is 622. The molecule has 0 aliphatic carbocycles. The first-order chi connectivity index (χ1) is 10.1. The van der Waals surface area contributed by atoms with Crippen LogP contribution < -0.4 is 9.47 Å². The lowest BCUT2D eigenvalue weighted by Gasteiger charge is -2.13. The summed E-state index contributed by atoms with van der Waals surface area (Å²) < 4.78 is 10.5. The fraction of sp³-hybridized carbons (Fsp3) is 0.235. The Labute approximate surface area is 123 Å². The lowest BCUT2D eigenvalue weighted by molar-refractivity contribution is -0.134. The Morgan fingerprint density at radius 2 is 1.71 bits per heavy atom. The molecule has 1 N–H and O–H groups in total. The SMILES string of the molecule is COc1ccccc1OC(=O)CC(C)c1ccccc1O. The van der Waals surface area contributed by atoms with Crippen LogP contribution in [-0.4, -0.2) is 18.2 Å². The van der Waals surface area contributed by atoms with Gasteiger partial charge in [0.1, 0.15) is 5.75 Å². The highest BCUT2D eigenvalue weighted by molar-refractivity contribution is 5.74. The van der Waals surface area contributed by atoms with E-state index in [9.17, 15) is 9.90 Å². The molecule has 0 heterocycles. The van der Waals surface area contributed by atoms with E-state index in [2.05, 4.69) is 0 Å². The predicted octanol–water partition coefficient (Wildman–Crippen LogP) is 3.50. The Hall–Kier alpha value is -2.49. The molecule has 2 rings (SSSR count). The standard InChI is InChI=1S/C17H18O4/c1-12(13-7-3-4-8-14(13)18)11-17(19)21-16-10-6-5-9-15(16)20-2/h3-10,12,18H,11H2,1-2H3. The predicted molar refractivity (Wildman–Crippen MR) is 79.8 cm³/mol. The summed E-state index contributed by atoms with van der Waals surface area (Å²) in [6.45, 7) is 1.87. The van der Waals surface area contributed by atoms with E-state index in [4.69, 9.17) is 9.47 Å². The molecule has 2 aromatic rings. The summed E-state index contributed by atoms with van der Waals surface area (Å²) in [5.74, 6) is 0.606. The lowest BCUT2D eigenvalue weighted by Crippen LogP contribution is -2.12. The zero-order valence-electron chi connectivity index (χ0n) is 12.1. The highest BCUT2D eigenvalue weighted by Gasteiger charge is 2.17. The summed E-state index contributed by atoms with van der Waals surface area (Å²) in [4.78, 5) is 12.0. The Balaban J connectivity index is 2.03. The summed E-state index contributed by atoms with van der Waals surface area (Å²) in [6.07, 6.45) is 0.176. The molecule has 21 heavy (non-hydrogen) atoms. The van der Waals surface area contributed by atoms with Gasteiger partial charge in [0.05, 0.1) is 13.5 Å². The van der Waals surface area contributed by atoms with Crippen molar-refractivity contribution in [3.05, 3.63) is 54.1 Å². The molecule has 1 atom stereocenters. The molecule has 0 aromatic heterocycles. The molecule has 110 valence electrons. The van der Waals surface area contributed by atoms with Crippen LogP contribution in [0.5, 0.6) is 17.2 Å². The smallest absolute Gasteiger partial charge is 0.311 e. The Kier molecular flexibility index (Phi) is 4.82. The second-order valence-electron chi connectivity index (χ2n) is 4.79. The van der Waals surface area contributed by atoms with Gasteiger partial charge >= 0.3 is 5.97 Å². The van der Waals surface area contributed by atoms with E-state index in [1.807, 2.05) is 13.0 Å². The molecule has 2 aromatic carbocycles. The van der Waals surface area contributed by atoms with E-state index in [-0.39, 0.29) is 24.1 Å². The number of carbonyl (C=O) groups is 1. The minimum Gasteiger partial charge on any atom is -0.508 e. The van der Waals surface area contributed by atoms with Crippen LogP contribution in [-0.2, 0) is 4.79 Å². The van der Waals surface area contributed by atoms with Crippen LogP contribution in [0.3, 0.4) is 0 Å². The van der Waals surface area contributed by atoms with Crippen LogP contribution in [0.25, 0.3) is 0 Å². The molecule has 0 fully saturated rings. The first kappa shape index (κ1) is 14.9. The van der Waals surface area contributed by atoms with Gasteiger partial charge in [-0.15, -0.1) is 0 Å². The largest absolute Gasteiger partial charge is 0.508 e. The number of aromatic hydroxyl groups is 1. The van der Waals surface area contributed by atoms with Gasteiger partial charge in [0.25, 0.3) is 0 Å². The van der Waals surface area contributed by atoms with Crippen LogP contribution in [0.4, 0.5) is 0 Å². The number of esters is 1. The maximum absolute atomic E-state index is 12.0. The van der Waals surface area contributed by atoms with Crippen molar-refractivity contribution in [1.82, 2.24) is 0 Å². The summed E-state index contributed by atoms with van der Waals surface area (Å²) in [5.41, 5.74) is 0.731. The molecule has 0 aliphatic heterocycles. The summed E-state index contributed by atoms with van der Waals surface area (Å²) in [6, 6.07) is 14.0. The van der Waals surface area contributed by atoms with Gasteiger partial charge in [-0.05, 0) is 29.7 Å². The number of para-hydroxylation sites is 3. The van der Waals surface area contributed by atoms with E-state index < -0.39 is 0 Å². The summed E-state index contributed by atoms with van der Waals surface area (Å²) in [5, 5.41) is 9.79. The molecule has 0 bridgehead atoms. The van der Waals surface area contributed by atoms with Crippen LogP contribution in [0.1, 0.15) is 24.8 Å². The van der Waals surface area contributed by atoms with Crippen LogP contribution in [0.2, 0.25) is 0 Å². The van der Waals surface area contributed by atoms with Gasteiger partial charge in [-0.2, -0.15) is 0 Å². The Morgan fingerprint density at radius 1 is 1.10 bits per heavy atom. The molecular weight excluding hydrogens is 268 g/mol. The maximum atomic E-state index is 12.0. The topological polar surface area (TPSA) is 55.8 Å². The van der Waals surface area contributed by atoms with Gasteiger partial charge in [0.2, 0.25) is 0 Å². The number of phenolic OH excluding ortho intramolecular Hbond substituents is 1. The highest BCUT2D eigenvalue weighted by atomic mass is 16.6. The second-order valence-corrected chi connectivity index (χ2v) is 4.79. The number of benzene rings is 2. The third kappa shape index (κ3) is 3.75. The van der Waals surface area contributed by atoms with Crippen molar-refractivity contribution in [2.24, 2.45) is 0 Å². The number of phenols is 1. The van der Waals surface area contributed by atoms with E-state index in [0.29, 0.717) is 11.5 Å². The third-order valence-electron chi connectivity index (χ3n) is 3.23. The average molecular weight is 286 g/mol. The van der Waals surface area contributed by atoms with Crippen LogP contribution in [0.15, 0.2) is 48.5 Å². The van der Waals surface area contributed by atoms with E-state index in [0.717, 1.165) is 5.56 Å². The van der Waals surface area contributed by atoms with Crippen LogP contribution >= 0.6 is 0 Å². The number of hydrogen-bond donors (Lipinski definition) is 1. The minimum atomic E-state index is -0.366. The molecule has 0 spiro atoms. The second kappa shape index (κ2) is 6.79. The monoisotopic (exact) mass is 286 g/mol. The van der Waals surface area contributed by atoms with Crippen LogP contribution in [0, 0.1) is 0 Å². The van der Waals surface area contributed by atoms with E-state index in [1.165, 1.54) is 7.11 Å². The zero-order chi connectivity index (χ0) is 15.2. The molecular formula is C17H18O4. The maximum Gasteiger partial charge on any atom is 0.311 e. The quantitative estimate of drug-likeness (QED) is 0.675. The molecule has 0 saturated carbocycles. The van der Waals surface area contributed by atoms with Crippen molar-refractivity contribution in [3.8, 4) is 17.2 Å². The number of carbonyl (C=O) groups excluding carboxylic acids is 1. The molecule has 4 nitrogen and oxygen atoms in total. The summed E-state index contributed by atoms with van der Waals surface area (Å²) >= 11 is 0. The van der Waals surface area contributed by atoms with Gasteiger partial charge in [-0.25, -0.2) is 0 Å².